The lowest BCUT2D eigenvalue weighted by molar-refractivity contribution is 0.599. The normalized spacial score (nSPS) is 10.4. The molecule has 16 heavy (non-hydrogen) atoms. The van der Waals surface area contributed by atoms with Gasteiger partial charge in [0.25, 0.3) is 0 Å². The van der Waals surface area contributed by atoms with E-state index in [2.05, 4.69) is 9.97 Å². The molecule has 0 atom stereocenters. The molecule has 2 aromatic rings. The van der Waals surface area contributed by atoms with Crippen LogP contribution in [0.2, 0.25) is 0 Å². The van der Waals surface area contributed by atoms with Crippen molar-refractivity contribution in [1.82, 2.24) is 9.97 Å². The molecule has 2 N–H and O–H groups in total. The van der Waals surface area contributed by atoms with E-state index in [-0.39, 0.29) is 5.82 Å². The van der Waals surface area contributed by atoms with Crippen molar-refractivity contribution in [3.8, 4) is 0 Å². The van der Waals surface area contributed by atoms with Crippen molar-refractivity contribution in [3.05, 3.63) is 48.2 Å². The fourth-order valence-electron chi connectivity index (χ4n) is 1.21. The Labute approximate surface area is 96.9 Å². The SMILES string of the molecule is NCc1ccc(Sc2ccncn2)c(F)c1. The van der Waals surface area contributed by atoms with Gasteiger partial charge in [0, 0.05) is 17.6 Å². The summed E-state index contributed by atoms with van der Waals surface area (Å²) in [5.41, 5.74) is 6.21. The number of benzene rings is 1. The highest BCUT2D eigenvalue weighted by molar-refractivity contribution is 7.99. The second kappa shape index (κ2) is 5.05. The van der Waals surface area contributed by atoms with Gasteiger partial charge in [-0.15, -0.1) is 0 Å². The molecule has 0 spiro atoms. The van der Waals surface area contributed by atoms with Gasteiger partial charge >= 0.3 is 0 Å². The van der Waals surface area contributed by atoms with Crippen LogP contribution in [0.15, 0.2) is 46.7 Å². The summed E-state index contributed by atoms with van der Waals surface area (Å²) in [4.78, 5) is 8.36. The minimum absolute atomic E-state index is 0.272. The number of nitrogens with zero attached hydrogens (tertiary/aromatic N) is 2. The van der Waals surface area contributed by atoms with Crippen molar-refractivity contribution in [3.63, 3.8) is 0 Å². The Morgan fingerprint density at radius 1 is 1.31 bits per heavy atom. The number of hydrogen-bond acceptors (Lipinski definition) is 4. The largest absolute Gasteiger partial charge is 0.326 e. The molecule has 0 aliphatic carbocycles. The van der Waals surface area contributed by atoms with Crippen LogP contribution in [0.4, 0.5) is 4.39 Å². The van der Waals surface area contributed by atoms with Crippen LogP contribution in [0.3, 0.4) is 0 Å². The van der Waals surface area contributed by atoms with Gasteiger partial charge in [0.05, 0.1) is 0 Å². The van der Waals surface area contributed by atoms with E-state index in [1.807, 2.05) is 6.07 Å². The Morgan fingerprint density at radius 2 is 2.19 bits per heavy atom. The van der Waals surface area contributed by atoms with Gasteiger partial charge in [-0.1, -0.05) is 17.8 Å². The van der Waals surface area contributed by atoms with E-state index in [0.717, 1.165) is 10.6 Å². The van der Waals surface area contributed by atoms with E-state index in [1.54, 1.807) is 18.3 Å². The van der Waals surface area contributed by atoms with Crippen molar-refractivity contribution in [2.24, 2.45) is 5.73 Å². The first-order chi connectivity index (χ1) is 7.79. The maximum absolute atomic E-state index is 13.6. The monoisotopic (exact) mass is 235 g/mol. The van der Waals surface area contributed by atoms with E-state index in [1.165, 1.54) is 24.2 Å². The van der Waals surface area contributed by atoms with Crippen LogP contribution >= 0.6 is 11.8 Å². The first-order valence-corrected chi connectivity index (χ1v) is 5.53. The Kier molecular flexibility index (Phi) is 3.48. The molecule has 0 aliphatic rings. The van der Waals surface area contributed by atoms with Gasteiger partial charge in [-0.05, 0) is 23.8 Å². The van der Waals surface area contributed by atoms with Gasteiger partial charge in [0.15, 0.2) is 0 Å². The number of rotatable bonds is 3. The Morgan fingerprint density at radius 3 is 2.81 bits per heavy atom. The maximum Gasteiger partial charge on any atom is 0.137 e. The minimum Gasteiger partial charge on any atom is -0.326 e. The second-order valence-electron chi connectivity index (χ2n) is 3.12. The third kappa shape index (κ3) is 2.56. The summed E-state index contributed by atoms with van der Waals surface area (Å²) in [6.45, 7) is 0.343. The van der Waals surface area contributed by atoms with Gasteiger partial charge in [-0.2, -0.15) is 0 Å². The molecule has 3 nitrogen and oxygen atoms in total. The zero-order valence-electron chi connectivity index (χ0n) is 8.43. The molecule has 0 saturated heterocycles. The van der Waals surface area contributed by atoms with Crippen LogP contribution < -0.4 is 5.73 Å². The first kappa shape index (κ1) is 11.0. The molecule has 1 aromatic heterocycles. The summed E-state index contributed by atoms with van der Waals surface area (Å²) in [7, 11) is 0. The number of halogens is 1. The van der Waals surface area contributed by atoms with E-state index in [4.69, 9.17) is 5.73 Å². The predicted octanol–water partition coefficient (Wildman–Crippen LogP) is 2.23. The summed E-state index contributed by atoms with van der Waals surface area (Å²) in [6.07, 6.45) is 3.07. The Hall–Kier alpha value is -1.46. The van der Waals surface area contributed by atoms with Crippen LogP contribution in [-0.2, 0) is 6.54 Å². The molecule has 0 unspecified atom stereocenters. The number of aromatic nitrogens is 2. The molecule has 0 amide bonds. The third-order valence-corrected chi connectivity index (χ3v) is 3.00. The molecule has 0 fully saturated rings. The summed E-state index contributed by atoms with van der Waals surface area (Å²) < 4.78 is 13.6. The average Bonchev–Trinajstić information content (AvgIpc) is 2.33. The lowest BCUT2D eigenvalue weighted by Crippen LogP contribution is -1.97. The van der Waals surface area contributed by atoms with Gasteiger partial charge in [0.1, 0.15) is 17.2 Å². The van der Waals surface area contributed by atoms with Gasteiger partial charge in [-0.25, -0.2) is 14.4 Å². The first-order valence-electron chi connectivity index (χ1n) is 4.72. The van der Waals surface area contributed by atoms with Gasteiger partial charge in [-0.3, -0.25) is 0 Å². The van der Waals surface area contributed by atoms with Gasteiger partial charge < -0.3 is 5.73 Å². The molecule has 0 aliphatic heterocycles. The Bertz CT molecular complexity index is 476. The number of nitrogens with two attached hydrogens (primary N) is 1. The second-order valence-corrected chi connectivity index (χ2v) is 4.18. The van der Waals surface area contributed by atoms with E-state index in [9.17, 15) is 4.39 Å². The van der Waals surface area contributed by atoms with Crippen LogP contribution in [-0.4, -0.2) is 9.97 Å². The molecule has 0 saturated carbocycles. The lowest BCUT2D eigenvalue weighted by Gasteiger charge is -2.03. The summed E-state index contributed by atoms with van der Waals surface area (Å²) in [5.74, 6) is -0.272. The van der Waals surface area contributed by atoms with Crippen molar-refractivity contribution >= 4 is 11.8 Å². The molecule has 1 heterocycles. The zero-order chi connectivity index (χ0) is 11.4. The standard InChI is InChI=1S/C11H10FN3S/c12-9-5-8(6-13)1-2-10(9)16-11-3-4-14-7-15-11/h1-5,7H,6,13H2. The van der Waals surface area contributed by atoms with E-state index < -0.39 is 0 Å². The minimum atomic E-state index is -0.272. The molecule has 5 heteroatoms. The highest BCUT2D eigenvalue weighted by Gasteiger charge is 2.05. The number of hydrogen-bond donors (Lipinski definition) is 1. The average molecular weight is 235 g/mol. The smallest absolute Gasteiger partial charge is 0.137 e. The van der Waals surface area contributed by atoms with Crippen molar-refractivity contribution in [2.75, 3.05) is 0 Å². The Balaban J connectivity index is 2.22. The van der Waals surface area contributed by atoms with Crippen molar-refractivity contribution < 1.29 is 4.39 Å². The highest BCUT2D eigenvalue weighted by atomic mass is 32.2. The van der Waals surface area contributed by atoms with Crippen LogP contribution in [0, 0.1) is 5.82 Å². The molecular weight excluding hydrogens is 225 g/mol. The van der Waals surface area contributed by atoms with Crippen LogP contribution in [0.25, 0.3) is 0 Å². The van der Waals surface area contributed by atoms with Crippen molar-refractivity contribution in [2.45, 2.75) is 16.5 Å². The van der Waals surface area contributed by atoms with Crippen molar-refractivity contribution in [1.29, 1.82) is 0 Å². The molecule has 2 rings (SSSR count). The molecule has 0 bridgehead atoms. The quantitative estimate of drug-likeness (QED) is 0.829. The summed E-state index contributed by atoms with van der Waals surface area (Å²) in [5, 5.41) is 0.717. The zero-order valence-corrected chi connectivity index (χ0v) is 9.25. The molecule has 1 aromatic carbocycles. The summed E-state index contributed by atoms with van der Waals surface area (Å²) in [6, 6.07) is 6.71. The van der Waals surface area contributed by atoms with Crippen LogP contribution in [0.5, 0.6) is 0 Å². The highest BCUT2D eigenvalue weighted by Crippen LogP contribution is 2.28. The topological polar surface area (TPSA) is 51.8 Å². The molecular formula is C11H10FN3S. The van der Waals surface area contributed by atoms with Gasteiger partial charge in [0.2, 0.25) is 0 Å². The molecule has 82 valence electrons. The van der Waals surface area contributed by atoms with E-state index in [0.29, 0.717) is 11.4 Å². The predicted molar refractivity (Wildman–Crippen MR) is 60.4 cm³/mol. The van der Waals surface area contributed by atoms with Crippen LogP contribution in [0.1, 0.15) is 5.56 Å². The molecule has 0 radical (unpaired) electrons. The van der Waals surface area contributed by atoms with E-state index >= 15 is 0 Å². The third-order valence-electron chi connectivity index (χ3n) is 2.00. The fourth-order valence-corrected chi connectivity index (χ4v) is 1.95. The maximum atomic E-state index is 13.6. The summed E-state index contributed by atoms with van der Waals surface area (Å²) >= 11 is 1.27. The fraction of sp³-hybridized carbons (Fsp3) is 0.0909. The lowest BCUT2D eigenvalue weighted by atomic mass is 10.2.